The molecule has 2 N–H and O–H groups in total. The van der Waals surface area contributed by atoms with Gasteiger partial charge in [-0.25, -0.2) is 0 Å². The molecule has 3 aliphatic heterocycles. The first-order valence-corrected chi connectivity index (χ1v) is 12.0. The van der Waals surface area contributed by atoms with Gasteiger partial charge in [-0.2, -0.15) is 4.98 Å². The van der Waals surface area contributed by atoms with Gasteiger partial charge in [0.15, 0.2) is 5.58 Å². The average molecular weight is 462 g/mol. The van der Waals surface area contributed by atoms with E-state index in [1.54, 1.807) is 12.1 Å². The van der Waals surface area contributed by atoms with Crippen molar-refractivity contribution >= 4 is 35.4 Å². The van der Waals surface area contributed by atoms with E-state index in [-0.39, 0.29) is 12.4 Å². The summed E-state index contributed by atoms with van der Waals surface area (Å²) in [4.78, 5) is 24.2. The Labute approximate surface area is 196 Å². The number of nitrogens with zero attached hydrogens (tertiary/aromatic N) is 4. The summed E-state index contributed by atoms with van der Waals surface area (Å²) in [5, 5.41) is 0. The maximum absolute atomic E-state index is 11.8. The zero-order valence-corrected chi connectivity index (χ0v) is 20.0. The summed E-state index contributed by atoms with van der Waals surface area (Å²) in [6.45, 7) is 5.15. The second kappa shape index (κ2) is 9.57. The van der Waals surface area contributed by atoms with Crippen LogP contribution in [0.4, 0.5) is 6.01 Å². The van der Waals surface area contributed by atoms with E-state index in [1.165, 1.54) is 44.9 Å². The van der Waals surface area contributed by atoms with Gasteiger partial charge >= 0.3 is 0 Å². The fraction of sp³-hybridized carbons (Fsp3) is 0.667. The van der Waals surface area contributed by atoms with E-state index >= 15 is 0 Å². The zero-order valence-electron chi connectivity index (χ0n) is 19.2. The third-order valence-electron chi connectivity index (χ3n) is 7.88. The molecule has 176 valence electrons. The molecule has 0 radical (unpaired) electrons. The van der Waals surface area contributed by atoms with E-state index < -0.39 is 5.91 Å². The van der Waals surface area contributed by atoms with E-state index in [2.05, 4.69) is 33.7 Å². The maximum atomic E-state index is 11.8. The number of hydrogen-bond acceptors (Lipinski definition) is 6. The average Bonchev–Trinajstić information content (AvgIpc) is 3.18. The molecule has 1 amide bonds. The Hall–Kier alpha value is -1.83. The van der Waals surface area contributed by atoms with Gasteiger partial charge in [0.05, 0.1) is 5.56 Å². The lowest BCUT2D eigenvalue weighted by Gasteiger charge is -2.53. The molecule has 0 saturated carbocycles. The quantitative estimate of drug-likeness (QED) is 0.732. The number of rotatable bonds is 5. The van der Waals surface area contributed by atoms with Crippen molar-refractivity contribution in [1.82, 2.24) is 14.8 Å². The number of piperidine rings is 2. The van der Waals surface area contributed by atoms with Crippen LogP contribution in [0.2, 0.25) is 0 Å². The highest BCUT2D eigenvalue weighted by molar-refractivity contribution is 6.03. The molecule has 3 saturated heterocycles. The number of primary amides is 1. The number of carbonyl (C=O) groups excluding carboxylic acids is 1. The molecule has 2 unspecified atom stereocenters. The monoisotopic (exact) mass is 461 g/mol. The standard InChI is InChI=1S/C24H35N5O2.ClH/c1-3-6-18-15-28(24-26-22-20(23(25)30)9-5-10-21(22)31-24)11-12-29(18)19-13-16-7-4-8-17(14-19)27(16)2;/h5,9-10,16-19H,3-4,6-8,11-15H2,1-2H3,(H2,25,30);1H/t16?,17?,18-,19?;/m0./s1. The van der Waals surface area contributed by atoms with Crippen LogP contribution in [-0.4, -0.2) is 71.5 Å². The van der Waals surface area contributed by atoms with Gasteiger partial charge in [-0.3, -0.25) is 9.69 Å². The van der Waals surface area contributed by atoms with E-state index in [1.807, 2.05) is 6.07 Å². The number of benzene rings is 1. The van der Waals surface area contributed by atoms with Gasteiger partial charge in [-0.1, -0.05) is 25.8 Å². The molecule has 8 heteroatoms. The fourth-order valence-electron chi connectivity index (χ4n) is 6.24. The number of amides is 1. The number of carbonyl (C=O) groups is 1. The molecule has 3 atom stereocenters. The van der Waals surface area contributed by atoms with Crippen molar-refractivity contribution in [2.24, 2.45) is 5.73 Å². The number of oxazole rings is 1. The molecule has 2 bridgehead atoms. The second-order valence-corrected chi connectivity index (χ2v) is 9.67. The largest absolute Gasteiger partial charge is 0.423 e. The van der Waals surface area contributed by atoms with Crippen LogP contribution in [0, 0.1) is 0 Å². The molecule has 0 aliphatic carbocycles. The molecule has 7 nitrogen and oxygen atoms in total. The van der Waals surface area contributed by atoms with Crippen molar-refractivity contribution in [2.45, 2.75) is 76.0 Å². The normalized spacial score (nSPS) is 29.1. The Morgan fingerprint density at radius 2 is 1.94 bits per heavy atom. The van der Waals surface area contributed by atoms with E-state index in [9.17, 15) is 4.79 Å². The predicted molar refractivity (Wildman–Crippen MR) is 130 cm³/mol. The highest BCUT2D eigenvalue weighted by atomic mass is 35.5. The van der Waals surface area contributed by atoms with Crippen LogP contribution in [0.5, 0.6) is 0 Å². The Bertz CT molecular complexity index is 936. The Morgan fingerprint density at radius 3 is 2.62 bits per heavy atom. The van der Waals surface area contributed by atoms with Crippen molar-refractivity contribution < 1.29 is 9.21 Å². The molecule has 1 aromatic heterocycles. The fourth-order valence-corrected chi connectivity index (χ4v) is 6.24. The summed E-state index contributed by atoms with van der Waals surface area (Å²) in [6, 6.07) is 8.69. The summed E-state index contributed by atoms with van der Waals surface area (Å²) in [7, 11) is 2.33. The SMILES string of the molecule is CCC[C@H]1CN(c2nc3c(C(N)=O)cccc3o2)CCN1C1CC2CCCC(C1)N2C.Cl. The molecule has 3 fully saturated rings. The van der Waals surface area contributed by atoms with Crippen LogP contribution in [0.15, 0.2) is 22.6 Å². The summed E-state index contributed by atoms with van der Waals surface area (Å²) in [5.74, 6) is -0.466. The van der Waals surface area contributed by atoms with E-state index in [0.717, 1.165) is 31.7 Å². The molecule has 2 aromatic rings. The lowest BCUT2D eigenvalue weighted by atomic mass is 9.81. The molecule has 4 heterocycles. The topological polar surface area (TPSA) is 78.8 Å². The van der Waals surface area contributed by atoms with Crippen LogP contribution in [0.1, 0.15) is 62.2 Å². The number of fused-ring (bicyclic) bond motifs is 3. The molecule has 5 rings (SSSR count). The van der Waals surface area contributed by atoms with Crippen LogP contribution in [-0.2, 0) is 0 Å². The Morgan fingerprint density at radius 1 is 1.19 bits per heavy atom. The number of anilines is 1. The number of hydrogen-bond donors (Lipinski definition) is 1. The number of piperazine rings is 1. The minimum atomic E-state index is -0.466. The summed E-state index contributed by atoms with van der Waals surface area (Å²) < 4.78 is 6.06. The molecule has 32 heavy (non-hydrogen) atoms. The summed E-state index contributed by atoms with van der Waals surface area (Å²) in [5.41, 5.74) is 7.16. The molecular formula is C24H36ClN5O2. The van der Waals surface area contributed by atoms with Crippen LogP contribution >= 0.6 is 12.4 Å². The van der Waals surface area contributed by atoms with Crippen molar-refractivity contribution in [1.29, 1.82) is 0 Å². The van der Waals surface area contributed by atoms with Crippen LogP contribution in [0.3, 0.4) is 0 Å². The molecule has 1 aromatic carbocycles. The molecule has 3 aliphatic rings. The van der Waals surface area contributed by atoms with Crippen molar-refractivity contribution in [3.05, 3.63) is 23.8 Å². The van der Waals surface area contributed by atoms with Gasteiger partial charge in [0.2, 0.25) is 0 Å². The number of nitrogens with two attached hydrogens (primary N) is 1. The summed E-state index contributed by atoms with van der Waals surface area (Å²) >= 11 is 0. The third kappa shape index (κ3) is 4.22. The van der Waals surface area contributed by atoms with Gasteiger partial charge in [0.1, 0.15) is 5.52 Å². The van der Waals surface area contributed by atoms with Crippen molar-refractivity contribution in [2.75, 3.05) is 31.6 Å². The highest BCUT2D eigenvalue weighted by Gasteiger charge is 2.41. The molecular weight excluding hydrogens is 426 g/mol. The van der Waals surface area contributed by atoms with Gasteiger partial charge in [0.25, 0.3) is 11.9 Å². The lowest BCUT2D eigenvalue weighted by molar-refractivity contribution is -0.0105. The van der Waals surface area contributed by atoms with Crippen molar-refractivity contribution in [3.8, 4) is 0 Å². The van der Waals surface area contributed by atoms with Crippen LogP contribution < -0.4 is 10.6 Å². The zero-order chi connectivity index (χ0) is 21.5. The van der Waals surface area contributed by atoms with E-state index in [4.69, 9.17) is 10.2 Å². The van der Waals surface area contributed by atoms with Gasteiger partial charge in [-0.15, -0.1) is 12.4 Å². The first-order chi connectivity index (χ1) is 15.0. The van der Waals surface area contributed by atoms with Gasteiger partial charge in [-0.05, 0) is 51.3 Å². The van der Waals surface area contributed by atoms with Crippen LogP contribution in [0.25, 0.3) is 11.1 Å². The number of para-hydroxylation sites is 1. The first kappa shape index (κ1) is 23.3. The summed E-state index contributed by atoms with van der Waals surface area (Å²) in [6.07, 6.45) is 9.07. The predicted octanol–water partition coefficient (Wildman–Crippen LogP) is 3.65. The van der Waals surface area contributed by atoms with Gasteiger partial charge in [0, 0.05) is 43.8 Å². The second-order valence-electron chi connectivity index (χ2n) is 9.67. The highest BCUT2D eigenvalue weighted by Crippen LogP contribution is 2.37. The van der Waals surface area contributed by atoms with Gasteiger partial charge < -0.3 is 20.0 Å². The van der Waals surface area contributed by atoms with Crippen molar-refractivity contribution in [3.63, 3.8) is 0 Å². The third-order valence-corrected chi connectivity index (χ3v) is 7.88. The lowest BCUT2D eigenvalue weighted by Crippen LogP contribution is -2.62. The number of aromatic nitrogens is 1. The Balaban J connectivity index is 0.00000245. The smallest absolute Gasteiger partial charge is 0.298 e. The maximum Gasteiger partial charge on any atom is 0.298 e. The molecule has 0 spiro atoms. The van der Waals surface area contributed by atoms with E-state index in [0.29, 0.717) is 34.8 Å². The first-order valence-electron chi connectivity index (χ1n) is 12.0. The number of halogens is 1. The Kier molecular flexibility index (Phi) is 6.98. The minimum absolute atomic E-state index is 0. The minimum Gasteiger partial charge on any atom is -0.423 e.